The molecule has 0 saturated heterocycles. The molecule has 0 unspecified atom stereocenters. The van der Waals surface area contributed by atoms with Gasteiger partial charge in [-0.3, -0.25) is 4.79 Å². The smallest absolute Gasteiger partial charge is 0.263 e. The van der Waals surface area contributed by atoms with Gasteiger partial charge in [0.25, 0.3) is 5.91 Å². The number of amides is 1. The molecule has 3 aromatic heterocycles. The number of para-hydroxylation sites is 1. The largest absolute Gasteiger partial charge is 0.467 e. The van der Waals surface area contributed by atoms with Crippen LogP contribution in [-0.4, -0.2) is 10.9 Å². The predicted molar refractivity (Wildman–Crippen MR) is 96.2 cm³/mol. The molecule has 0 aliphatic rings. The van der Waals surface area contributed by atoms with Crippen LogP contribution in [-0.2, 0) is 6.54 Å². The number of carbonyl (C=O) groups excluding carboxylic acids is 1. The Kier molecular flexibility index (Phi) is 3.46. The van der Waals surface area contributed by atoms with Gasteiger partial charge in [0.05, 0.1) is 24.0 Å². The zero-order chi connectivity index (χ0) is 16.7. The van der Waals surface area contributed by atoms with E-state index in [0.29, 0.717) is 22.9 Å². The zero-order valence-electron chi connectivity index (χ0n) is 13.0. The molecular weight excluding hydrogens is 322 g/mol. The van der Waals surface area contributed by atoms with Crippen molar-refractivity contribution in [3.8, 4) is 0 Å². The molecule has 0 saturated carbocycles. The number of hydrogen-bond acceptors (Lipinski definition) is 5. The number of benzene rings is 1. The first kappa shape index (κ1) is 14.7. The molecule has 0 aliphatic carbocycles. The molecule has 120 valence electrons. The van der Waals surface area contributed by atoms with Crippen LogP contribution >= 0.6 is 11.3 Å². The Bertz CT molecular complexity index is 1050. The maximum Gasteiger partial charge on any atom is 0.263 e. The lowest BCUT2D eigenvalue weighted by Crippen LogP contribution is -2.22. The van der Waals surface area contributed by atoms with Crippen molar-refractivity contribution in [1.82, 2.24) is 10.3 Å². The average Bonchev–Trinajstić information content (AvgIpc) is 3.20. The van der Waals surface area contributed by atoms with Crippen molar-refractivity contribution in [2.75, 3.05) is 5.73 Å². The Hall–Kier alpha value is -2.86. The molecule has 1 amide bonds. The van der Waals surface area contributed by atoms with E-state index in [1.807, 2.05) is 37.3 Å². The number of nitrogens with zero attached hydrogens (tertiary/aromatic N) is 1. The highest BCUT2D eigenvalue weighted by Gasteiger charge is 2.18. The summed E-state index contributed by atoms with van der Waals surface area (Å²) in [4.78, 5) is 18.4. The van der Waals surface area contributed by atoms with Gasteiger partial charge in [0.1, 0.15) is 15.5 Å². The first-order valence-electron chi connectivity index (χ1n) is 7.52. The maximum atomic E-state index is 12.4. The number of hydrogen-bond donors (Lipinski definition) is 2. The van der Waals surface area contributed by atoms with Crippen LogP contribution in [0, 0.1) is 6.92 Å². The fourth-order valence-corrected chi connectivity index (χ4v) is 3.70. The van der Waals surface area contributed by atoms with Crippen molar-refractivity contribution in [1.29, 1.82) is 0 Å². The van der Waals surface area contributed by atoms with Gasteiger partial charge in [0.15, 0.2) is 0 Å². The summed E-state index contributed by atoms with van der Waals surface area (Å²) < 4.78 is 5.22. The van der Waals surface area contributed by atoms with Crippen molar-refractivity contribution in [2.45, 2.75) is 13.5 Å². The van der Waals surface area contributed by atoms with Crippen LogP contribution in [0.3, 0.4) is 0 Å². The Labute approximate surface area is 142 Å². The summed E-state index contributed by atoms with van der Waals surface area (Å²) in [7, 11) is 0. The third-order valence-electron chi connectivity index (χ3n) is 3.96. The second kappa shape index (κ2) is 5.65. The second-order valence-corrected chi connectivity index (χ2v) is 6.59. The molecule has 24 heavy (non-hydrogen) atoms. The first-order valence-corrected chi connectivity index (χ1v) is 8.34. The molecular formula is C18H15N3O2S. The lowest BCUT2D eigenvalue weighted by Gasteiger charge is -2.02. The topological polar surface area (TPSA) is 81.2 Å². The fourth-order valence-electron chi connectivity index (χ4n) is 2.70. The SMILES string of the molecule is Cc1cccc2cc3c(N)c(C(=O)NCc4ccco4)sc3nc12. The van der Waals surface area contributed by atoms with Gasteiger partial charge in [-0.15, -0.1) is 11.3 Å². The minimum absolute atomic E-state index is 0.215. The Morgan fingerprint density at radius 1 is 1.33 bits per heavy atom. The Morgan fingerprint density at radius 3 is 3.00 bits per heavy atom. The van der Waals surface area contributed by atoms with Crippen LogP contribution in [0.4, 0.5) is 5.69 Å². The van der Waals surface area contributed by atoms with Crippen molar-refractivity contribution in [2.24, 2.45) is 0 Å². The van der Waals surface area contributed by atoms with E-state index in [9.17, 15) is 4.79 Å². The highest BCUT2D eigenvalue weighted by molar-refractivity contribution is 7.21. The summed E-state index contributed by atoms with van der Waals surface area (Å²) in [6.07, 6.45) is 1.58. The molecule has 3 N–H and O–H groups in total. The molecule has 0 bridgehead atoms. The number of nitrogens with two attached hydrogens (primary N) is 1. The van der Waals surface area contributed by atoms with Gasteiger partial charge in [-0.2, -0.15) is 0 Å². The van der Waals surface area contributed by atoms with Gasteiger partial charge in [-0.25, -0.2) is 4.98 Å². The normalized spacial score (nSPS) is 11.2. The van der Waals surface area contributed by atoms with Crippen molar-refractivity contribution < 1.29 is 9.21 Å². The quantitative estimate of drug-likeness (QED) is 0.595. The third kappa shape index (κ3) is 2.41. The van der Waals surface area contributed by atoms with Crippen LogP contribution in [0.1, 0.15) is 21.0 Å². The number of anilines is 1. The van der Waals surface area contributed by atoms with E-state index in [0.717, 1.165) is 26.7 Å². The number of aryl methyl sites for hydroxylation is 1. The molecule has 0 fully saturated rings. The molecule has 6 heteroatoms. The van der Waals surface area contributed by atoms with E-state index in [1.165, 1.54) is 11.3 Å². The number of fused-ring (bicyclic) bond motifs is 2. The molecule has 0 radical (unpaired) electrons. The summed E-state index contributed by atoms with van der Waals surface area (Å²) in [6, 6.07) is 11.6. The van der Waals surface area contributed by atoms with Crippen LogP contribution in [0.15, 0.2) is 47.1 Å². The summed E-state index contributed by atoms with van der Waals surface area (Å²) in [5, 5.41) is 4.67. The van der Waals surface area contributed by atoms with Crippen LogP contribution in [0.2, 0.25) is 0 Å². The number of aromatic nitrogens is 1. The lowest BCUT2D eigenvalue weighted by atomic mass is 10.1. The van der Waals surface area contributed by atoms with Gasteiger partial charge >= 0.3 is 0 Å². The van der Waals surface area contributed by atoms with Gasteiger partial charge in [-0.05, 0) is 30.7 Å². The Morgan fingerprint density at radius 2 is 2.21 bits per heavy atom. The molecule has 0 atom stereocenters. The summed E-state index contributed by atoms with van der Waals surface area (Å²) in [5.74, 6) is 0.482. The standard InChI is InChI=1S/C18H15N3O2S/c1-10-4-2-5-11-8-13-14(19)16(24-18(13)21-15(10)11)17(22)20-9-12-6-3-7-23-12/h2-8H,9,19H2,1H3,(H,20,22). The molecule has 4 rings (SSSR count). The average molecular weight is 337 g/mol. The number of carbonyl (C=O) groups is 1. The number of rotatable bonds is 3. The number of thiophene rings is 1. The molecule has 5 nitrogen and oxygen atoms in total. The number of furan rings is 1. The molecule has 1 aromatic carbocycles. The zero-order valence-corrected chi connectivity index (χ0v) is 13.8. The minimum atomic E-state index is -0.215. The van der Waals surface area contributed by atoms with Gasteiger partial charge in [-0.1, -0.05) is 18.2 Å². The number of pyridine rings is 1. The van der Waals surface area contributed by atoms with Crippen molar-refractivity contribution in [3.05, 3.63) is 58.9 Å². The van der Waals surface area contributed by atoms with Crippen LogP contribution < -0.4 is 11.1 Å². The molecule has 0 spiro atoms. The van der Waals surface area contributed by atoms with E-state index < -0.39 is 0 Å². The summed E-state index contributed by atoms with van der Waals surface area (Å²) in [6.45, 7) is 2.35. The van der Waals surface area contributed by atoms with E-state index >= 15 is 0 Å². The highest BCUT2D eigenvalue weighted by atomic mass is 32.1. The van der Waals surface area contributed by atoms with E-state index in [-0.39, 0.29) is 5.91 Å². The minimum Gasteiger partial charge on any atom is -0.467 e. The third-order valence-corrected chi connectivity index (χ3v) is 5.07. The van der Waals surface area contributed by atoms with E-state index in [1.54, 1.807) is 12.3 Å². The summed E-state index contributed by atoms with van der Waals surface area (Å²) in [5.41, 5.74) is 8.72. The van der Waals surface area contributed by atoms with Crippen LogP contribution in [0.25, 0.3) is 21.1 Å². The number of nitrogen functional groups attached to an aromatic ring is 1. The highest BCUT2D eigenvalue weighted by Crippen LogP contribution is 2.35. The Balaban J connectivity index is 1.73. The first-order chi connectivity index (χ1) is 11.6. The van der Waals surface area contributed by atoms with E-state index in [2.05, 4.69) is 5.32 Å². The van der Waals surface area contributed by atoms with Crippen molar-refractivity contribution >= 4 is 44.1 Å². The fraction of sp³-hybridized carbons (Fsp3) is 0.111. The van der Waals surface area contributed by atoms with Crippen molar-refractivity contribution in [3.63, 3.8) is 0 Å². The summed E-state index contributed by atoms with van der Waals surface area (Å²) >= 11 is 1.31. The van der Waals surface area contributed by atoms with Gasteiger partial charge in [0, 0.05) is 10.8 Å². The molecule has 3 heterocycles. The van der Waals surface area contributed by atoms with Crippen LogP contribution in [0.5, 0.6) is 0 Å². The maximum absolute atomic E-state index is 12.4. The number of nitrogens with one attached hydrogen (secondary N) is 1. The second-order valence-electron chi connectivity index (χ2n) is 5.59. The predicted octanol–water partition coefficient (Wildman–Crippen LogP) is 3.86. The monoisotopic (exact) mass is 337 g/mol. The van der Waals surface area contributed by atoms with E-state index in [4.69, 9.17) is 15.1 Å². The molecule has 4 aromatic rings. The van der Waals surface area contributed by atoms with Gasteiger partial charge in [0.2, 0.25) is 0 Å². The van der Waals surface area contributed by atoms with Gasteiger partial charge < -0.3 is 15.5 Å². The molecule has 0 aliphatic heterocycles. The lowest BCUT2D eigenvalue weighted by molar-refractivity contribution is 0.0953.